The zero-order chi connectivity index (χ0) is 14.8. The minimum absolute atomic E-state index is 0.570. The van der Waals surface area contributed by atoms with Gasteiger partial charge in [0.05, 0.1) is 19.8 Å². The smallest absolute Gasteiger partial charge is 0.142 e. The second-order valence-electron chi connectivity index (χ2n) is 5.23. The Morgan fingerprint density at radius 2 is 2.05 bits per heavy atom. The SMILES string of the molecule is COc1ccc(C(O)C2(C)CCCCO2)c(OC)c1Br. The Morgan fingerprint density at radius 1 is 1.30 bits per heavy atom. The largest absolute Gasteiger partial charge is 0.495 e. The third-order valence-corrected chi connectivity index (χ3v) is 4.64. The van der Waals surface area contributed by atoms with Crippen LogP contribution in [0.5, 0.6) is 11.5 Å². The summed E-state index contributed by atoms with van der Waals surface area (Å²) in [6, 6.07) is 3.65. The molecular formula is C15H21BrO4. The van der Waals surface area contributed by atoms with Crippen LogP contribution in [-0.2, 0) is 4.74 Å². The molecule has 0 spiro atoms. The number of methoxy groups -OCH3 is 2. The van der Waals surface area contributed by atoms with Crippen LogP contribution in [0.15, 0.2) is 16.6 Å². The van der Waals surface area contributed by atoms with Gasteiger partial charge in [-0.25, -0.2) is 0 Å². The van der Waals surface area contributed by atoms with E-state index in [-0.39, 0.29) is 0 Å². The number of ether oxygens (including phenoxy) is 3. The fourth-order valence-electron chi connectivity index (χ4n) is 2.63. The van der Waals surface area contributed by atoms with Crippen molar-refractivity contribution < 1.29 is 19.3 Å². The first-order chi connectivity index (χ1) is 9.53. The summed E-state index contributed by atoms with van der Waals surface area (Å²) in [7, 11) is 3.18. The molecule has 112 valence electrons. The number of hydrogen-bond donors (Lipinski definition) is 1. The molecule has 2 unspecified atom stereocenters. The van der Waals surface area contributed by atoms with Crippen molar-refractivity contribution in [2.75, 3.05) is 20.8 Å². The van der Waals surface area contributed by atoms with Gasteiger partial charge in [0.2, 0.25) is 0 Å². The van der Waals surface area contributed by atoms with E-state index in [2.05, 4.69) is 15.9 Å². The summed E-state index contributed by atoms with van der Waals surface area (Å²) in [6.45, 7) is 2.64. The lowest BCUT2D eigenvalue weighted by Crippen LogP contribution is -2.39. The van der Waals surface area contributed by atoms with Crippen molar-refractivity contribution in [2.24, 2.45) is 0 Å². The predicted molar refractivity (Wildman–Crippen MR) is 80.4 cm³/mol. The molecule has 0 aromatic heterocycles. The summed E-state index contributed by atoms with van der Waals surface area (Å²) in [5, 5.41) is 10.7. The maximum absolute atomic E-state index is 10.7. The lowest BCUT2D eigenvalue weighted by molar-refractivity contribution is -0.138. The summed E-state index contributed by atoms with van der Waals surface area (Å²) in [6.07, 6.45) is 2.21. The second kappa shape index (κ2) is 6.33. The zero-order valence-corrected chi connectivity index (χ0v) is 13.7. The second-order valence-corrected chi connectivity index (χ2v) is 6.02. The van der Waals surface area contributed by atoms with Crippen molar-refractivity contribution >= 4 is 15.9 Å². The molecule has 1 heterocycles. The number of hydrogen-bond acceptors (Lipinski definition) is 4. The van der Waals surface area contributed by atoms with Crippen molar-refractivity contribution in [3.8, 4) is 11.5 Å². The number of aliphatic hydroxyl groups excluding tert-OH is 1. The molecule has 5 heteroatoms. The van der Waals surface area contributed by atoms with Gasteiger partial charge in [-0.15, -0.1) is 0 Å². The Hall–Kier alpha value is -0.780. The minimum atomic E-state index is -0.736. The number of benzene rings is 1. The average Bonchev–Trinajstić information content (AvgIpc) is 2.47. The molecule has 0 amide bonds. The molecule has 0 saturated carbocycles. The summed E-state index contributed by atoms with van der Waals surface area (Å²) in [5.74, 6) is 1.26. The quantitative estimate of drug-likeness (QED) is 0.908. The molecule has 1 aromatic carbocycles. The van der Waals surface area contributed by atoms with Crippen molar-refractivity contribution in [3.63, 3.8) is 0 Å². The van der Waals surface area contributed by atoms with Crippen LogP contribution in [-0.4, -0.2) is 31.5 Å². The monoisotopic (exact) mass is 344 g/mol. The van der Waals surface area contributed by atoms with Crippen LogP contribution in [0.4, 0.5) is 0 Å². The Labute approximate surface area is 128 Å². The first-order valence-electron chi connectivity index (χ1n) is 6.76. The van der Waals surface area contributed by atoms with E-state index in [4.69, 9.17) is 14.2 Å². The molecule has 1 fully saturated rings. The molecule has 2 atom stereocenters. The van der Waals surface area contributed by atoms with Gasteiger partial charge in [-0.1, -0.05) is 0 Å². The van der Waals surface area contributed by atoms with E-state index in [9.17, 15) is 5.11 Å². The Balaban J connectivity index is 2.38. The third-order valence-electron chi connectivity index (χ3n) is 3.89. The van der Waals surface area contributed by atoms with Gasteiger partial charge in [-0.05, 0) is 54.2 Å². The maximum Gasteiger partial charge on any atom is 0.142 e. The van der Waals surface area contributed by atoms with Gasteiger partial charge in [-0.3, -0.25) is 0 Å². The molecular weight excluding hydrogens is 324 g/mol. The van der Waals surface area contributed by atoms with E-state index in [1.54, 1.807) is 14.2 Å². The van der Waals surface area contributed by atoms with Gasteiger partial charge in [-0.2, -0.15) is 0 Å². The molecule has 0 aliphatic carbocycles. The maximum atomic E-state index is 10.7. The average molecular weight is 345 g/mol. The highest BCUT2D eigenvalue weighted by Gasteiger charge is 2.38. The Bertz CT molecular complexity index is 469. The molecule has 1 aliphatic heterocycles. The summed E-state index contributed by atoms with van der Waals surface area (Å²) < 4.78 is 17.2. The van der Waals surface area contributed by atoms with Crippen LogP contribution >= 0.6 is 15.9 Å². The molecule has 1 aromatic rings. The number of rotatable bonds is 4. The van der Waals surface area contributed by atoms with Gasteiger partial charge in [0, 0.05) is 12.2 Å². The van der Waals surface area contributed by atoms with Gasteiger partial charge < -0.3 is 19.3 Å². The predicted octanol–water partition coefficient (Wildman–Crippen LogP) is 3.46. The van der Waals surface area contributed by atoms with Crippen LogP contribution in [0, 0.1) is 0 Å². The van der Waals surface area contributed by atoms with E-state index in [0.717, 1.165) is 19.3 Å². The Kier molecular flexibility index (Phi) is 4.94. The zero-order valence-electron chi connectivity index (χ0n) is 12.1. The van der Waals surface area contributed by atoms with E-state index in [1.807, 2.05) is 19.1 Å². The Morgan fingerprint density at radius 3 is 2.60 bits per heavy atom. The highest BCUT2D eigenvalue weighted by Crippen LogP contribution is 2.45. The number of aliphatic hydroxyl groups is 1. The van der Waals surface area contributed by atoms with Crippen molar-refractivity contribution in [1.82, 2.24) is 0 Å². The molecule has 20 heavy (non-hydrogen) atoms. The molecule has 4 nitrogen and oxygen atoms in total. The van der Waals surface area contributed by atoms with Crippen molar-refractivity contribution in [1.29, 1.82) is 0 Å². The van der Waals surface area contributed by atoms with Gasteiger partial charge in [0.25, 0.3) is 0 Å². The lowest BCUT2D eigenvalue weighted by atomic mass is 9.86. The first-order valence-corrected chi connectivity index (χ1v) is 7.55. The van der Waals surface area contributed by atoms with Gasteiger partial charge in [0.1, 0.15) is 22.1 Å². The molecule has 1 N–H and O–H groups in total. The van der Waals surface area contributed by atoms with Crippen LogP contribution in [0.2, 0.25) is 0 Å². The third kappa shape index (κ3) is 2.80. The highest BCUT2D eigenvalue weighted by molar-refractivity contribution is 9.10. The topological polar surface area (TPSA) is 47.9 Å². The van der Waals surface area contributed by atoms with Crippen molar-refractivity contribution in [3.05, 3.63) is 22.2 Å². The fraction of sp³-hybridized carbons (Fsp3) is 0.600. The standard InChI is InChI=1S/C15H21BrO4/c1-15(8-4-5-9-20-15)14(17)10-6-7-11(18-2)12(16)13(10)19-3/h6-7,14,17H,4-5,8-9H2,1-3H3. The molecule has 1 aliphatic rings. The van der Waals surface area contributed by atoms with Crippen LogP contribution in [0.3, 0.4) is 0 Å². The number of halogens is 1. The molecule has 0 radical (unpaired) electrons. The summed E-state index contributed by atoms with van der Waals surface area (Å²) in [4.78, 5) is 0. The van der Waals surface area contributed by atoms with E-state index in [0.29, 0.717) is 28.1 Å². The van der Waals surface area contributed by atoms with E-state index < -0.39 is 11.7 Å². The first kappa shape index (κ1) is 15.6. The van der Waals surface area contributed by atoms with Gasteiger partial charge in [0.15, 0.2) is 0 Å². The summed E-state index contributed by atoms with van der Waals surface area (Å²) in [5.41, 5.74) is 0.143. The molecule has 1 saturated heterocycles. The molecule has 2 rings (SSSR count). The lowest BCUT2D eigenvalue weighted by Gasteiger charge is -2.38. The van der Waals surface area contributed by atoms with E-state index >= 15 is 0 Å². The minimum Gasteiger partial charge on any atom is -0.495 e. The van der Waals surface area contributed by atoms with Crippen LogP contribution < -0.4 is 9.47 Å². The van der Waals surface area contributed by atoms with Crippen LogP contribution in [0.1, 0.15) is 37.9 Å². The van der Waals surface area contributed by atoms with E-state index in [1.165, 1.54) is 0 Å². The normalized spacial score (nSPS) is 24.2. The van der Waals surface area contributed by atoms with Gasteiger partial charge >= 0.3 is 0 Å². The summed E-state index contributed by atoms with van der Waals surface area (Å²) >= 11 is 3.46. The fourth-order valence-corrected chi connectivity index (χ4v) is 3.32. The van der Waals surface area contributed by atoms with Crippen LogP contribution in [0.25, 0.3) is 0 Å². The van der Waals surface area contributed by atoms with Crippen molar-refractivity contribution in [2.45, 2.75) is 37.9 Å². The highest BCUT2D eigenvalue weighted by atomic mass is 79.9. The molecule has 0 bridgehead atoms.